The number of thioether (sulfide) groups is 1. The van der Waals surface area contributed by atoms with E-state index in [0.29, 0.717) is 11.4 Å². The van der Waals surface area contributed by atoms with Crippen LogP contribution in [0.25, 0.3) is 11.7 Å². The van der Waals surface area contributed by atoms with Gasteiger partial charge in [0.1, 0.15) is 0 Å². The molecule has 3 aromatic rings. The molecular weight excluding hydrogens is 356 g/mol. The molecule has 0 aliphatic carbocycles. The lowest BCUT2D eigenvalue weighted by atomic mass is 10.1. The van der Waals surface area contributed by atoms with Crippen molar-refractivity contribution in [3.63, 3.8) is 0 Å². The molecule has 26 heavy (non-hydrogen) atoms. The molecule has 1 aromatic carbocycles. The molecule has 2 N–H and O–H groups in total. The first-order valence-electron chi connectivity index (χ1n) is 7.69. The molecule has 3 amide bonds. The topological polar surface area (TPSA) is 110 Å². The lowest BCUT2D eigenvalue weighted by Crippen LogP contribution is -2.35. The summed E-state index contributed by atoms with van der Waals surface area (Å²) in [6.07, 6.45) is 1.49. The number of carbonyl (C=O) groups excluding carboxylic acids is 2. The maximum absolute atomic E-state index is 11.9. The Hall–Kier alpha value is -3.07. The van der Waals surface area contributed by atoms with Gasteiger partial charge in [0.05, 0.1) is 12.0 Å². The van der Waals surface area contributed by atoms with Crippen LogP contribution in [0.4, 0.5) is 10.5 Å². The number of hydrogen-bond donors (Lipinski definition) is 2. The van der Waals surface area contributed by atoms with E-state index in [4.69, 9.17) is 8.83 Å². The minimum absolute atomic E-state index is 0.0415. The number of rotatable bonds is 5. The van der Waals surface area contributed by atoms with Gasteiger partial charge in [-0.15, -0.1) is 10.2 Å². The van der Waals surface area contributed by atoms with Gasteiger partial charge in [0, 0.05) is 5.69 Å². The monoisotopic (exact) mass is 372 g/mol. The molecule has 0 aliphatic rings. The van der Waals surface area contributed by atoms with E-state index in [1.165, 1.54) is 6.26 Å². The van der Waals surface area contributed by atoms with Crippen LogP contribution in [0.2, 0.25) is 0 Å². The molecule has 9 heteroatoms. The van der Waals surface area contributed by atoms with Crippen molar-refractivity contribution in [2.45, 2.75) is 19.1 Å². The van der Waals surface area contributed by atoms with Crippen molar-refractivity contribution in [3.8, 4) is 11.7 Å². The molecule has 0 unspecified atom stereocenters. The van der Waals surface area contributed by atoms with Crippen LogP contribution in [0.5, 0.6) is 0 Å². The number of aryl methyl sites for hydroxylation is 2. The fraction of sp³-hybridized carbons (Fsp3) is 0.176. The molecule has 0 saturated heterocycles. The summed E-state index contributed by atoms with van der Waals surface area (Å²) in [5, 5.41) is 12.7. The summed E-state index contributed by atoms with van der Waals surface area (Å²) < 4.78 is 10.5. The lowest BCUT2D eigenvalue weighted by molar-refractivity contribution is -0.117. The predicted molar refractivity (Wildman–Crippen MR) is 95.8 cm³/mol. The molecule has 0 atom stereocenters. The van der Waals surface area contributed by atoms with Crippen LogP contribution in [0, 0.1) is 13.8 Å². The van der Waals surface area contributed by atoms with E-state index >= 15 is 0 Å². The third kappa shape index (κ3) is 4.51. The quantitative estimate of drug-likeness (QED) is 0.661. The number of hydrogen-bond acceptors (Lipinski definition) is 7. The number of carbonyl (C=O) groups is 2. The van der Waals surface area contributed by atoms with Crippen molar-refractivity contribution in [1.82, 2.24) is 15.5 Å². The Morgan fingerprint density at radius 2 is 2.00 bits per heavy atom. The summed E-state index contributed by atoms with van der Waals surface area (Å²) in [4.78, 5) is 23.7. The first-order valence-corrected chi connectivity index (χ1v) is 8.68. The Labute approximate surface area is 153 Å². The standard InChI is InChI=1S/C17H16N4O4S/c1-10-5-6-12(8-11(10)2)18-16(23)19-14(22)9-26-17-21-20-15(25-17)13-4-3-7-24-13/h3-8H,9H2,1-2H3,(H2,18,19,22,23). The zero-order valence-corrected chi connectivity index (χ0v) is 14.9. The second kappa shape index (κ2) is 7.87. The molecule has 8 nitrogen and oxygen atoms in total. The molecule has 0 radical (unpaired) electrons. The van der Waals surface area contributed by atoms with Crippen LogP contribution in [-0.2, 0) is 4.79 Å². The summed E-state index contributed by atoms with van der Waals surface area (Å²) in [6, 6.07) is 8.30. The minimum atomic E-state index is -0.597. The molecule has 0 bridgehead atoms. The zero-order chi connectivity index (χ0) is 18.5. The van der Waals surface area contributed by atoms with Crippen LogP contribution in [0.15, 0.2) is 50.7 Å². The number of benzene rings is 1. The molecule has 0 saturated carbocycles. The smallest absolute Gasteiger partial charge is 0.325 e. The van der Waals surface area contributed by atoms with E-state index in [1.54, 1.807) is 18.2 Å². The van der Waals surface area contributed by atoms with Crippen molar-refractivity contribution in [2.75, 3.05) is 11.1 Å². The average molecular weight is 372 g/mol. The van der Waals surface area contributed by atoms with Crippen molar-refractivity contribution in [3.05, 3.63) is 47.7 Å². The summed E-state index contributed by atoms with van der Waals surface area (Å²) in [5.74, 6) is 0.154. The van der Waals surface area contributed by atoms with E-state index in [9.17, 15) is 9.59 Å². The van der Waals surface area contributed by atoms with E-state index in [0.717, 1.165) is 22.9 Å². The van der Waals surface area contributed by atoms with Crippen LogP contribution in [0.3, 0.4) is 0 Å². The van der Waals surface area contributed by atoms with Crippen LogP contribution < -0.4 is 10.6 Å². The highest BCUT2D eigenvalue weighted by Crippen LogP contribution is 2.23. The summed E-state index contributed by atoms with van der Waals surface area (Å²) in [7, 11) is 0. The predicted octanol–water partition coefficient (Wildman–Crippen LogP) is 3.39. The third-order valence-electron chi connectivity index (χ3n) is 3.48. The first-order chi connectivity index (χ1) is 12.5. The molecular formula is C17H16N4O4S. The Kier molecular flexibility index (Phi) is 5.37. The van der Waals surface area contributed by atoms with Crippen LogP contribution in [-0.4, -0.2) is 27.9 Å². The third-order valence-corrected chi connectivity index (χ3v) is 4.30. The first kappa shape index (κ1) is 17.7. The van der Waals surface area contributed by atoms with Crippen molar-refractivity contribution < 1.29 is 18.4 Å². The fourth-order valence-corrected chi connectivity index (χ4v) is 2.60. The van der Waals surface area contributed by atoms with Crippen molar-refractivity contribution >= 4 is 29.4 Å². The highest BCUT2D eigenvalue weighted by atomic mass is 32.2. The van der Waals surface area contributed by atoms with Gasteiger partial charge >= 0.3 is 6.03 Å². The van der Waals surface area contributed by atoms with E-state index in [-0.39, 0.29) is 16.9 Å². The fourth-order valence-electron chi connectivity index (χ4n) is 2.04. The number of urea groups is 1. The van der Waals surface area contributed by atoms with Gasteiger partial charge in [0.25, 0.3) is 11.1 Å². The van der Waals surface area contributed by atoms with Gasteiger partial charge in [0.15, 0.2) is 5.76 Å². The number of aromatic nitrogens is 2. The average Bonchev–Trinajstić information content (AvgIpc) is 3.27. The van der Waals surface area contributed by atoms with E-state index in [2.05, 4.69) is 20.8 Å². The Morgan fingerprint density at radius 1 is 1.15 bits per heavy atom. The maximum Gasteiger partial charge on any atom is 0.325 e. The largest absolute Gasteiger partial charge is 0.459 e. The second-order valence-electron chi connectivity index (χ2n) is 5.44. The number of amides is 3. The number of anilines is 1. The van der Waals surface area contributed by atoms with Crippen molar-refractivity contribution in [2.24, 2.45) is 0 Å². The van der Waals surface area contributed by atoms with Crippen LogP contribution >= 0.6 is 11.8 Å². The second-order valence-corrected chi connectivity index (χ2v) is 6.37. The molecule has 0 fully saturated rings. The Balaban J connectivity index is 1.48. The summed E-state index contributed by atoms with van der Waals surface area (Å²) in [5.41, 5.74) is 2.79. The zero-order valence-electron chi connectivity index (χ0n) is 14.1. The van der Waals surface area contributed by atoms with Crippen LogP contribution in [0.1, 0.15) is 11.1 Å². The highest BCUT2D eigenvalue weighted by Gasteiger charge is 2.14. The molecule has 0 aliphatic heterocycles. The summed E-state index contributed by atoms with van der Waals surface area (Å²) >= 11 is 1.03. The number of furan rings is 1. The Morgan fingerprint density at radius 3 is 2.73 bits per heavy atom. The van der Waals surface area contributed by atoms with Gasteiger partial charge in [-0.25, -0.2) is 4.79 Å². The van der Waals surface area contributed by atoms with E-state index < -0.39 is 11.9 Å². The normalized spacial score (nSPS) is 10.5. The molecule has 2 aromatic heterocycles. The van der Waals surface area contributed by atoms with Gasteiger partial charge in [-0.2, -0.15) is 0 Å². The molecule has 0 spiro atoms. The Bertz CT molecular complexity index is 921. The highest BCUT2D eigenvalue weighted by molar-refractivity contribution is 7.99. The molecule has 134 valence electrons. The number of imide groups is 1. The van der Waals surface area contributed by atoms with E-state index in [1.807, 2.05) is 26.0 Å². The number of nitrogens with one attached hydrogen (secondary N) is 2. The number of nitrogens with zero attached hydrogens (tertiary/aromatic N) is 2. The van der Waals surface area contributed by atoms with Gasteiger partial charge in [0.2, 0.25) is 5.91 Å². The van der Waals surface area contributed by atoms with Crippen molar-refractivity contribution in [1.29, 1.82) is 0 Å². The SMILES string of the molecule is Cc1ccc(NC(=O)NC(=O)CSc2nnc(-c3ccco3)o2)cc1C. The van der Waals surface area contributed by atoms with Gasteiger partial charge in [-0.3, -0.25) is 10.1 Å². The van der Waals surface area contributed by atoms with Gasteiger partial charge < -0.3 is 14.2 Å². The lowest BCUT2D eigenvalue weighted by Gasteiger charge is -2.08. The maximum atomic E-state index is 11.9. The summed E-state index contributed by atoms with van der Waals surface area (Å²) in [6.45, 7) is 3.93. The molecule has 3 rings (SSSR count). The van der Waals surface area contributed by atoms with Gasteiger partial charge in [-0.05, 0) is 49.2 Å². The van der Waals surface area contributed by atoms with Gasteiger partial charge in [-0.1, -0.05) is 17.8 Å². The molecule has 2 heterocycles. The minimum Gasteiger partial charge on any atom is -0.459 e.